The van der Waals surface area contributed by atoms with Gasteiger partial charge in [0.05, 0.1) is 31.4 Å². The number of benzene rings is 1. The Hall–Kier alpha value is -2.75. The van der Waals surface area contributed by atoms with E-state index in [1.165, 1.54) is 14.2 Å². The molecule has 1 N–H and O–H groups in total. The van der Waals surface area contributed by atoms with E-state index in [2.05, 4.69) is 11.4 Å². The molecule has 1 amide bonds. The van der Waals surface area contributed by atoms with Gasteiger partial charge < -0.3 is 14.2 Å². The summed E-state index contributed by atoms with van der Waals surface area (Å²) in [6, 6.07) is 5.50. The van der Waals surface area contributed by atoms with E-state index in [-0.39, 0.29) is 18.6 Å². The zero-order chi connectivity index (χ0) is 18.8. The molecule has 7 heteroatoms. The number of carbonyl (C=O) groups is 2. The van der Waals surface area contributed by atoms with Crippen molar-refractivity contribution in [3.05, 3.63) is 17.7 Å². The Morgan fingerprint density at radius 3 is 2.32 bits per heavy atom. The molecule has 134 valence electrons. The Morgan fingerprint density at radius 1 is 1.24 bits per heavy atom. The number of ether oxygens (including phenoxy) is 3. The lowest BCUT2D eigenvalue weighted by molar-refractivity contribution is -0.126. The maximum absolute atomic E-state index is 12.1. The van der Waals surface area contributed by atoms with Gasteiger partial charge >= 0.3 is 6.09 Å². The Labute approximate surface area is 146 Å². The van der Waals surface area contributed by atoms with E-state index >= 15 is 0 Å². The lowest BCUT2D eigenvalue weighted by Crippen LogP contribution is -2.40. The maximum atomic E-state index is 12.1. The minimum Gasteiger partial charge on any atom is -0.493 e. The molecule has 25 heavy (non-hydrogen) atoms. The number of rotatable bonds is 4. The van der Waals surface area contributed by atoms with Crippen molar-refractivity contribution in [3.8, 4) is 17.6 Å². The van der Waals surface area contributed by atoms with Crippen molar-refractivity contribution < 1.29 is 23.8 Å². The Morgan fingerprint density at radius 2 is 1.88 bits per heavy atom. The van der Waals surface area contributed by atoms with Gasteiger partial charge in [0.1, 0.15) is 11.4 Å². The van der Waals surface area contributed by atoms with Crippen molar-refractivity contribution in [1.29, 1.82) is 5.26 Å². The average Bonchev–Trinajstić information content (AvgIpc) is 2.48. The van der Waals surface area contributed by atoms with Gasteiger partial charge in [-0.25, -0.2) is 4.79 Å². The summed E-state index contributed by atoms with van der Waals surface area (Å²) in [7, 11) is 2.91. The van der Waals surface area contributed by atoms with Gasteiger partial charge in [-0.3, -0.25) is 10.1 Å². The van der Waals surface area contributed by atoms with Crippen LogP contribution >= 0.6 is 0 Å². The van der Waals surface area contributed by atoms with Gasteiger partial charge in [0.25, 0.3) is 0 Å². The molecule has 0 spiro atoms. The zero-order valence-corrected chi connectivity index (χ0v) is 15.1. The molecule has 1 aliphatic carbocycles. The predicted octanol–water partition coefficient (Wildman–Crippen LogP) is 3.18. The maximum Gasteiger partial charge on any atom is 0.412 e. The van der Waals surface area contributed by atoms with Gasteiger partial charge in [-0.2, -0.15) is 5.26 Å². The van der Waals surface area contributed by atoms with Gasteiger partial charge in [0.2, 0.25) is 0 Å². The molecule has 7 nitrogen and oxygen atoms in total. The van der Waals surface area contributed by atoms with Crippen molar-refractivity contribution in [1.82, 2.24) is 0 Å². The summed E-state index contributed by atoms with van der Waals surface area (Å²) in [6.07, 6.45) is -0.365. The first-order chi connectivity index (χ1) is 11.6. The highest BCUT2D eigenvalue weighted by molar-refractivity contribution is 5.92. The highest BCUT2D eigenvalue weighted by atomic mass is 16.6. The SMILES string of the molecule is COc1cc(C2(C#N)CC(=O)C2)cc(NC(=O)OC(C)(C)C)c1OC. The molecule has 0 unspecified atom stereocenters. The van der Waals surface area contributed by atoms with Crippen LogP contribution in [0, 0.1) is 11.3 Å². The molecule has 0 saturated heterocycles. The summed E-state index contributed by atoms with van der Waals surface area (Å²) in [5.41, 5.74) is -0.646. The second-order valence-corrected chi connectivity index (χ2v) is 6.97. The molecule has 0 atom stereocenters. The van der Waals surface area contributed by atoms with Crippen LogP contribution in [0.4, 0.5) is 10.5 Å². The summed E-state index contributed by atoms with van der Waals surface area (Å²) < 4.78 is 15.9. The summed E-state index contributed by atoms with van der Waals surface area (Å²) in [5, 5.41) is 12.2. The first kappa shape index (κ1) is 18.6. The van der Waals surface area contributed by atoms with E-state index in [1.54, 1.807) is 32.9 Å². The van der Waals surface area contributed by atoms with Gasteiger partial charge in [-0.1, -0.05) is 0 Å². The Balaban J connectivity index is 2.44. The normalized spacial score (nSPS) is 15.6. The van der Waals surface area contributed by atoms with Crippen molar-refractivity contribution >= 4 is 17.6 Å². The molecule has 0 bridgehead atoms. The van der Waals surface area contributed by atoms with Gasteiger partial charge in [0.15, 0.2) is 11.5 Å². The molecule has 2 rings (SSSR count). The highest BCUT2D eigenvalue weighted by Crippen LogP contribution is 2.46. The molecular weight excluding hydrogens is 324 g/mol. The van der Waals surface area contributed by atoms with Crippen LogP contribution in [0.2, 0.25) is 0 Å². The monoisotopic (exact) mass is 346 g/mol. The molecule has 1 aliphatic rings. The predicted molar refractivity (Wildman–Crippen MR) is 90.9 cm³/mol. The standard InChI is InChI=1S/C18H22N2O5/c1-17(2,3)25-16(22)20-13-6-11(7-14(23-4)15(13)24-5)18(10-19)8-12(21)9-18/h6-7H,8-9H2,1-5H3,(H,20,22). The first-order valence-electron chi connectivity index (χ1n) is 7.83. The third-order valence-corrected chi connectivity index (χ3v) is 3.88. The summed E-state index contributed by atoms with van der Waals surface area (Å²) in [4.78, 5) is 23.6. The van der Waals surface area contributed by atoms with Crippen LogP contribution in [0.3, 0.4) is 0 Å². The number of amides is 1. The van der Waals surface area contributed by atoms with Crippen LogP contribution in [-0.4, -0.2) is 31.7 Å². The number of Topliss-reactive ketones (excluding diaryl/α,β-unsaturated/α-hetero) is 1. The fourth-order valence-corrected chi connectivity index (χ4v) is 2.72. The number of nitriles is 1. The molecule has 0 aromatic heterocycles. The molecule has 1 saturated carbocycles. The van der Waals surface area contributed by atoms with Gasteiger partial charge in [0, 0.05) is 12.8 Å². The molecule has 1 fully saturated rings. The van der Waals surface area contributed by atoms with Crippen molar-refractivity contribution in [2.75, 3.05) is 19.5 Å². The van der Waals surface area contributed by atoms with Crippen molar-refractivity contribution in [3.63, 3.8) is 0 Å². The van der Waals surface area contributed by atoms with E-state index in [0.717, 1.165) is 0 Å². The second kappa shape index (κ2) is 6.63. The number of carbonyl (C=O) groups excluding carboxylic acids is 2. The van der Waals surface area contributed by atoms with E-state index in [0.29, 0.717) is 22.7 Å². The molecule has 0 heterocycles. The number of anilines is 1. The molecule has 1 aromatic rings. The topological polar surface area (TPSA) is 97.7 Å². The van der Waals surface area contributed by atoms with Gasteiger partial charge in [-0.15, -0.1) is 0 Å². The minimum absolute atomic E-state index is 0.0259. The van der Waals surface area contributed by atoms with Crippen LogP contribution in [0.25, 0.3) is 0 Å². The third-order valence-electron chi connectivity index (χ3n) is 3.88. The lowest BCUT2D eigenvalue weighted by atomic mass is 9.64. The van der Waals surface area contributed by atoms with Crippen molar-refractivity contribution in [2.24, 2.45) is 0 Å². The number of nitrogens with one attached hydrogen (secondary N) is 1. The summed E-state index contributed by atoms with van der Waals surface area (Å²) in [6.45, 7) is 5.27. The largest absolute Gasteiger partial charge is 0.493 e. The summed E-state index contributed by atoms with van der Waals surface area (Å²) in [5.74, 6) is 0.703. The third kappa shape index (κ3) is 3.85. The van der Waals surface area contributed by atoms with E-state index < -0.39 is 17.1 Å². The Kier molecular flexibility index (Phi) is 4.93. The number of nitrogens with zero attached hydrogens (tertiary/aromatic N) is 1. The van der Waals surface area contributed by atoms with Crippen molar-refractivity contribution in [2.45, 2.75) is 44.6 Å². The minimum atomic E-state index is -0.902. The quantitative estimate of drug-likeness (QED) is 0.899. The van der Waals surface area contributed by atoms with Crippen LogP contribution in [-0.2, 0) is 14.9 Å². The smallest absolute Gasteiger partial charge is 0.412 e. The second-order valence-electron chi connectivity index (χ2n) is 6.97. The highest BCUT2D eigenvalue weighted by Gasteiger charge is 2.46. The fraction of sp³-hybridized carbons (Fsp3) is 0.500. The number of methoxy groups -OCH3 is 2. The molecular formula is C18H22N2O5. The lowest BCUT2D eigenvalue weighted by Gasteiger charge is -2.34. The average molecular weight is 346 g/mol. The van der Waals surface area contributed by atoms with Crippen LogP contribution in [0.15, 0.2) is 12.1 Å². The van der Waals surface area contributed by atoms with Crippen LogP contribution in [0.5, 0.6) is 11.5 Å². The number of hydrogen-bond donors (Lipinski definition) is 1. The first-order valence-corrected chi connectivity index (χ1v) is 7.83. The fourth-order valence-electron chi connectivity index (χ4n) is 2.72. The zero-order valence-electron chi connectivity index (χ0n) is 15.1. The van der Waals surface area contributed by atoms with E-state index in [9.17, 15) is 14.9 Å². The Bertz CT molecular complexity index is 735. The van der Waals surface area contributed by atoms with Crippen LogP contribution < -0.4 is 14.8 Å². The number of hydrogen-bond acceptors (Lipinski definition) is 6. The molecule has 1 aromatic carbocycles. The van der Waals surface area contributed by atoms with Crippen LogP contribution in [0.1, 0.15) is 39.2 Å². The van der Waals surface area contributed by atoms with E-state index in [1.807, 2.05) is 0 Å². The van der Waals surface area contributed by atoms with E-state index in [4.69, 9.17) is 14.2 Å². The number of ketones is 1. The molecule has 0 aliphatic heterocycles. The summed E-state index contributed by atoms with van der Waals surface area (Å²) >= 11 is 0. The molecule has 0 radical (unpaired) electrons. The van der Waals surface area contributed by atoms with Gasteiger partial charge in [-0.05, 0) is 38.5 Å².